The summed E-state index contributed by atoms with van der Waals surface area (Å²) in [5.41, 5.74) is 24.3. The Labute approximate surface area is 384 Å². The number of fused-ring (bicyclic) bond motifs is 17. The quantitative estimate of drug-likeness (QED) is 0.172. The summed E-state index contributed by atoms with van der Waals surface area (Å²) in [6.45, 7) is 4.74. The number of anilines is 3. The van der Waals surface area contributed by atoms with Crippen molar-refractivity contribution in [2.75, 3.05) is 4.90 Å². The molecule has 0 atom stereocenters. The molecular formula is C64H43NO. The summed E-state index contributed by atoms with van der Waals surface area (Å²) < 4.78 is 7.56. The summed E-state index contributed by atoms with van der Waals surface area (Å²) in [7, 11) is 0. The van der Waals surface area contributed by atoms with E-state index in [0.717, 1.165) is 50.1 Å². The Morgan fingerprint density at radius 2 is 0.848 bits per heavy atom. The molecule has 14 rings (SSSR count). The Bertz CT molecular complexity index is 3740. The average molecular weight is 842 g/mol. The van der Waals surface area contributed by atoms with E-state index in [1.54, 1.807) is 0 Å². The van der Waals surface area contributed by atoms with Crippen LogP contribution in [0.25, 0.3) is 77.6 Å². The van der Waals surface area contributed by atoms with Gasteiger partial charge in [0.15, 0.2) is 5.58 Å². The molecule has 10 aromatic carbocycles. The first-order chi connectivity index (χ1) is 32.5. The standard InChI is InChI=1S/C64H43NO/c1-63(2)52-28-13-9-22-46(52)49-37-36-44(38-56(49)63)65(43-34-32-41(33-35-43)40-18-5-3-6-19-40)58-39-57-59(60-51-27-17-26-45(61(51)66-62(58)60)42-20-7-4-8-21-42)50-25-12-16-31-55(50)64(57)53-29-14-10-23-47(53)48-24-11-15-30-54(48)64/h3-39H,1-2H3. The van der Waals surface area contributed by atoms with Crippen molar-refractivity contribution in [3.63, 3.8) is 0 Å². The van der Waals surface area contributed by atoms with Gasteiger partial charge in [0.25, 0.3) is 0 Å². The molecule has 3 aliphatic rings. The third-order valence-corrected chi connectivity index (χ3v) is 15.1. The van der Waals surface area contributed by atoms with Crippen LogP contribution in [0.4, 0.5) is 17.1 Å². The number of nitrogens with zero attached hydrogens (tertiary/aromatic N) is 1. The van der Waals surface area contributed by atoms with Crippen LogP contribution in [0.2, 0.25) is 0 Å². The summed E-state index contributed by atoms with van der Waals surface area (Å²) in [5.74, 6) is 0. The van der Waals surface area contributed by atoms with Crippen LogP contribution in [0.5, 0.6) is 0 Å². The van der Waals surface area contributed by atoms with E-state index in [1.165, 1.54) is 77.9 Å². The molecule has 0 amide bonds. The lowest BCUT2D eigenvalue weighted by molar-refractivity contribution is 0.660. The van der Waals surface area contributed by atoms with Crippen molar-refractivity contribution in [1.82, 2.24) is 0 Å². The van der Waals surface area contributed by atoms with Crippen molar-refractivity contribution in [3.05, 3.63) is 258 Å². The van der Waals surface area contributed by atoms with Gasteiger partial charge in [-0.3, -0.25) is 0 Å². The van der Waals surface area contributed by atoms with Crippen LogP contribution in [0.3, 0.4) is 0 Å². The topological polar surface area (TPSA) is 16.4 Å². The zero-order valence-corrected chi connectivity index (χ0v) is 36.7. The van der Waals surface area contributed by atoms with Gasteiger partial charge in [0.05, 0.1) is 11.1 Å². The van der Waals surface area contributed by atoms with Gasteiger partial charge in [-0.05, 0) is 114 Å². The second kappa shape index (κ2) is 13.7. The Hall–Kier alpha value is -8.20. The second-order valence-electron chi connectivity index (χ2n) is 18.7. The summed E-state index contributed by atoms with van der Waals surface area (Å²) in [4.78, 5) is 2.48. The number of para-hydroxylation sites is 1. The third kappa shape index (κ3) is 4.91. The lowest BCUT2D eigenvalue weighted by atomic mass is 9.70. The van der Waals surface area contributed by atoms with Crippen molar-refractivity contribution in [3.8, 4) is 55.6 Å². The SMILES string of the molecule is CC1(C)c2ccccc2-c2ccc(N(c3ccc(-c4ccccc4)cc3)c3cc4c(c5c3oc3c(-c6ccccc6)cccc35)-c3ccccc3C43c4ccccc4-c4ccccc43)cc21. The maximum atomic E-state index is 7.56. The van der Waals surface area contributed by atoms with E-state index in [-0.39, 0.29) is 5.41 Å². The molecule has 0 aliphatic heterocycles. The molecule has 0 unspecified atom stereocenters. The summed E-state index contributed by atoms with van der Waals surface area (Å²) in [6.07, 6.45) is 0. The van der Waals surface area contributed by atoms with Crippen LogP contribution in [0, 0.1) is 0 Å². The second-order valence-corrected chi connectivity index (χ2v) is 18.7. The number of hydrogen-bond acceptors (Lipinski definition) is 2. The smallest absolute Gasteiger partial charge is 0.160 e. The maximum absolute atomic E-state index is 7.56. The predicted molar refractivity (Wildman–Crippen MR) is 273 cm³/mol. The van der Waals surface area contributed by atoms with Crippen LogP contribution in [-0.4, -0.2) is 0 Å². The van der Waals surface area contributed by atoms with Crippen molar-refractivity contribution >= 4 is 39.0 Å². The highest BCUT2D eigenvalue weighted by atomic mass is 16.3. The van der Waals surface area contributed by atoms with E-state index in [9.17, 15) is 0 Å². The highest BCUT2D eigenvalue weighted by Crippen LogP contribution is 2.66. The van der Waals surface area contributed by atoms with E-state index in [1.807, 2.05) is 0 Å². The average Bonchev–Trinajstić information content (AvgIpc) is 4.07. The molecule has 11 aromatic rings. The lowest BCUT2D eigenvalue weighted by Gasteiger charge is -2.32. The fourth-order valence-corrected chi connectivity index (χ4v) is 12.2. The summed E-state index contributed by atoms with van der Waals surface area (Å²) in [5, 5.41) is 2.25. The zero-order valence-electron chi connectivity index (χ0n) is 36.7. The Morgan fingerprint density at radius 3 is 1.52 bits per heavy atom. The van der Waals surface area contributed by atoms with Crippen LogP contribution in [0.15, 0.2) is 229 Å². The normalized spacial score (nSPS) is 14.2. The van der Waals surface area contributed by atoms with E-state index in [2.05, 4.69) is 243 Å². The highest BCUT2D eigenvalue weighted by Gasteiger charge is 2.53. The van der Waals surface area contributed by atoms with Gasteiger partial charge in [0.2, 0.25) is 0 Å². The van der Waals surface area contributed by atoms with E-state index < -0.39 is 5.41 Å². The van der Waals surface area contributed by atoms with E-state index in [4.69, 9.17) is 4.42 Å². The van der Waals surface area contributed by atoms with Gasteiger partial charge in [-0.1, -0.05) is 208 Å². The number of furan rings is 1. The van der Waals surface area contributed by atoms with Crippen LogP contribution in [-0.2, 0) is 10.8 Å². The monoisotopic (exact) mass is 841 g/mol. The third-order valence-electron chi connectivity index (χ3n) is 15.1. The van der Waals surface area contributed by atoms with Crippen LogP contribution >= 0.6 is 0 Å². The Balaban J connectivity index is 1.13. The summed E-state index contributed by atoms with van der Waals surface area (Å²) >= 11 is 0. The maximum Gasteiger partial charge on any atom is 0.160 e. The van der Waals surface area contributed by atoms with Gasteiger partial charge >= 0.3 is 0 Å². The molecule has 2 nitrogen and oxygen atoms in total. The molecule has 3 aliphatic carbocycles. The molecule has 66 heavy (non-hydrogen) atoms. The summed E-state index contributed by atoms with van der Waals surface area (Å²) in [6, 6.07) is 83.0. The molecular weight excluding hydrogens is 799 g/mol. The van der Waals surface area contributed by atoms with Gasteiger partial charge in [0, 0.05) is 33.1 Å². The van der Waals surface area contributed by atoms with Crippen molar-refractivity contribution in [2.24, 2.45) is 0 Å². The highest BCUT2D eigenvalue weighted by molar-refractivity contribution is 6.22. The molecule has 0 bridgehead atoms. The minimum Gasteiger partial charge on any atom is -0.453 e. The van der Waals surface area contributed by atoms with Gasteiger partial charge < -0.3 is 9.32 Å². The molecule has 0 radical (unpaired) electrons. The zero-order chi connectivity index (χ0) is 43.7. The molecule has 310 valence electrons. The van der Waals surface area contributed by atoms with Gasteiger partial charge in [-0.25, -0.2) is 0 Å². The molecule has 0 saturated carbocycles. The number of benzene rings is 10. The fourth-order valence-electron chi connectivity index (χ4n) is 12.2. The van der Waals surface area contributed by atoms with Crippen molar-refractivity contribution < 1.29 is 4.42 Å². The molecule has 1 spiro atoms. The van der Waals surface area contributed by atoms with Crippen molar-refractivity contribution in [2.45, 2.75) is 24.7 Å². The largest absolute Gasteiger partial charge is 0.453 e. The van der Waals surface area contributed by atoms with E-state index >= 15 is 0 Å². The van der Waals surface area contributed by atoms with Gasteiger partial charge in [-0.15, -0.1) is 0 Å². The van der Waals surface area contributed by atoms with Crippen LogP contribution < -0.4 is 4.90 Å². The number of rotatable bonds is 5. The minimum atomic E-state index is -0.562. The first-order valence-corrected chi connectivity index (χ1v) is 23.1. The molecule has 1 heterocycles. The number of hydrogen-bond donors (Lipinski definition) is 0. The lowest BCUT2D eigenvalue weighted by Crippen LogP contribution is -2.26. The Morgan fingerprint density at radius 1 is 0.348 bits per heavy atom. The molecule has 0 fully saturated rings. The molecule has 0 saturated heterocycles. The fraction of sp³-hybridized carbons (Fsp3) is 0.0625. The molecule has 0 N–H and O–H groups in total. The van der Waals surface area contributed by atoms with Gasteiger partial charge in [0.1, 0.15) is 5.58 Å². The first-order valence-electron chi connectivity index (χ1n) is 23.1. The van der Waals surface area contributed by atoms with Gasteiger partial charge in [-0.2, -0.15) is 0 Å². The first kappa shape index (κ1) is 37.2. The molecule has 1 aromatic heterocycles. The van der Waals surface area contributed by atoms with E-state index in [0.29, 0.717) is 0 Å². The van der Waals surface area contributed by atoms with Crippen LogP contribution in [0.1, 0.15) is 47.2 Å². The molecule has 2 heteroatoms. The Kier molecular flexibility index (Phi) is 7.70. The van der Waals surface area contributed by atoms with Crippen molar-refractivity contribution in [1.29, 1.82) is 0 Å². The predicted octanol–water partition coefficient (Wildman–Crippen LogP) is 17.0. The minimum absolute atomic E-state index is 0.190.